The van der Waals surface area contributed by atoms with Crippen molar-refractivity contribution in [3.63, 3.8) is 0 Å². The summed E-state index contributed by atoms with van der Waals surface area (Å²) in [5, 5.41) is 3.90. The predicted molar refractivity (Wildman–Crippen MR) is 87.0 cm³/mol. The summed E-state index contributed by atoms with van der Waals surface area (Å²) in [6.07, 6.45) is 1.73. The number of benzene rings is 1. The van der Waals surface area contributed by atoms with E-state index >= 15 is 0 Å². The van der Waals surface area contributed by atoms with Gasteiger partial charge in [-0.25, -0.2) is 0 Å². The number of aromatic nitrogens is 2. The summed E-state index contributed by atoms with van der Waals surface area (Å²) in [6, 6.07) is 11.7. The van der Waals surface area contributed by atoms with Crippen LogP contribution >= 0.6 is 22.6 Å². The zero-order valence-electron chi connectivity index (χ0n) is 10.8. The van der Waals surface area contributed by atoms with E-state index in [1.807, 2.05) is 30.3 Å². The van der Waals surface area contributed by atoms with E-state index in [-0.39, 0.29) is 0 Å². The summed E-state index contributed by atoms with van der Waals surface area (Å²) in [5.74, 6) is 1.02. The van der Waals surface area contributed by atoms with Crippen molar-refractivity contribution in [1.82, 2.24) is 10.1 Å². The fourth-order valence-electron chi connectivity index (χ4n) is 2.07. The minimum Gasteiger partial charge on any atom is -0.380 e. The summed E-state index contributed by atoms with van der Waals surface area (Å²) in [7, 11) is 0. The maximum absolute atomic E-state index is 5.95. The minimum atomic E-state index is 0.357. The average Bonchev–Trinajstić information content (AvgIpc) is 2.84. The van der Waals surface area contributed by atoms with Crippen molar-refractivity contribution >= 4 is 28.4 Å². The number of pyridine rings is 1. The van der Waals surface area contributed by atoms with Crippen molar-refractivity contribution in [1.29, 1.82) is 0 Å². The Balaban J connectivity index is 2.24. The molecule has 2 heterocycles. The molecule has 0 saturated carbocycles. The first-order chi connectivity index (χ1) is 9.68. The van der Waals surface area contributed by atoms with Crippen LogP contribution in [0, 0.1) is 10.5 Å². The number of rotatable bonds is 2. The number of hydrogen-bond donors (Lipinski definition) is 1. The minimum absolute atomic E-state index is 0.357. The summed E-state index contributed by atoms with van der Waals surface area (Å²) >= 11 is 2.30. The average molecular weight is 377 g/mol. The molecular weight excluding hydrogens is 365 g/mol. The van der Waals surface area contributed by atoms with Gasteiger partial charge in [0.15, 0.2) is 11.6 Å². The molecule has 0 aliphatic heterocycles. The maximum atomic E-state index is 5.95. The second-order valence-corrected chi connectivity index (χ2v) is 5.50. The lowest BCUT2D eigenvalue weighted by molar-refractivity contribution is 0.436. The van der Waals surface area contributed by atoms with Crippen LogP contribution in [0.3, 0.4) is 0 Å². The first-order valence-corrected chi connectivity index (χ1v) is 7.18. The Hall–Kier alpha value is -1.89. The van der Waals surface area contributed by atoms with Crippen molar-refractivity contribution in [3.05, 3.63) is 51.7 Å². The van der Waals surface area contributed by atoms with Gasteiger partial charge in [-0.1, -0.05) is 29.4 Å². The van der Waals surface area contributed by atoms with Crippen molar-refractivity contribution < 1.29 is 4.52 Å². The Kier molecular flexibility index (Phi) is 3.43. The quantitative estimate of drug-likeness (QED) is 0.688. The highest BCUT2D eigenvalue weighted by Crippen LogP contribution is 2.38. The molecule has 5 heteroatoms. The van der Waals surface area contributed by atoms with E-state index in [4.69, 9.17) is 10.3 Å². The predicted octanol–water partition coefficient (Wildman–Crippen LogP) is 3.90. The molecule has 3 rings (SSSR count). The molecule has 2 N–H and O–H groups in total. The molecule has 1 aromatic carbocycles. The lowest BCUT2D eigenvalue weighted by Gasteiger charge is -2.06. The molecule has 0 amide bonds. The van der Waals surface area contributed by atoms with Crippen molar-refractivity contribution in [2.75, 3.05) is 5.73 Å². The zero-order valence-corrected chi connectivity index (χ0v) is 13.0. The van der Waals surface area contributed by atoms with Crippen LogP contribution < -0.4 is 5.73 Å². The van der Waals surface area contributed by atoms with Gasteiger partial charge < -0.3 is 10.3 Å². The van der Waals surface area contributed by atoms with Crippen LogP contribution in [-0.4, -0.2) is 10.1 Å². The third-order valence-corrected chi connectivity index (χ3v) is 4.51. The van der Waals surface area contributed by atoms with Crippen LogP contribution in [0.4, 0.5) is 5.82 Å². The second-order valence-electron chi connectivity index (χ2n) is 4.42. The van der Waals surface area contributed by atoms with Gasteiger partial charge in [-0.05, 0) is 47.2 Å². The molecule has 20 heavy (non-hydrogen) atoms. The maximum Gasteiger partial charge on any atom is 0.179 e. The Morgan fingerprint density at radius 2 is 2.00 bits per heavy atom. The van der Waals surface area contributed by atoms with Crippen molar-refractivity contribution in [2.45, 2.75) is 6.92 Å². The number of hydrogen-bond acceptors (Lipinski definition) is 4. The molecule has 0 spiro atoms. The fourth-order valence-corrected chi connectivity index (χ4v) is 2.67. The molecule has 100 valence electrons. The van der Waals surface area contributed by atoms with E-state index in [1.165, 1.54) is 5.56 Å². The van der Waals surface area contributed by atoms with Crippen LogP contribution in [0.25, 0.3) is 22.6 Å². The Morgan fingerprint density at radius 1 is 1.15 bits per heavy atom. The number of anilines is 1. The molecule has 0 bridgehead atoms. The number of nitrogen functional groups attached to an aromatic ring is 1. The number of halogens is 1. The van der Waals surface area contributed by atoms with Crippen molar-refractivity contribution in [3.8, 4) is 22.6 Å². The lowest BCUT2D eigenvalue weighted by Crippen LogP contribution is -1.92. The molecule has 0 saturated heterocycles. The van der Waals surface area contributed by atoms with Gasteiger partial charge in [-0.2, -0.15) is 0 Å². The molecule has 0 aliphatic carbocycles. The Morgan fingerprint density at radius 3 is 2.75 bits per heavy atom. The lowest BCUT2D eigenvalue weighted by atomic mass is 10.0. The van der Waals surface area contributed by atoms with E-state index in [2.05, 4.69) is 45.7 Å². The molecule has 3 aromatic rings. The Bertz CT molecular complexity index is 753. The van der Waals surface area contributed by atoms with E-state index < -0.39 is 0 Å². The van der Waals surface area contributed by atoms with Crippen LogP contribution in [0.5, 0.6) is 0 Å². The van der Waals surface area contributed by atoms with Crippen LogP contribution in [0.1, 0.15) is 5.56 Å². The van der Waals surface area contributed by atoms with E-state index in [1.54, 1.807) is 6.20 Å². The zero-order chi connectivity index (χ0) is 14.1. The summed E-state index contributed by atoms with van der Waals surface area (Å²) in [4.78, 5) is 4.34. The van der Waals surface area contributed by atoms with Gasteiger partial charge in [-0.15, -0.1) is 0 Å². The first-order valence-electron chi connectivity index (χ1n) is 6.10. The molecule has 0 atom stereocenters. The fraction of sp³-hybridized carbons (Fsp3) is 0.0667. The molecular formula is C15H12IN3O. The van der Waals surface area contributed by atoms with Crippen LogP contribution in [-0.2, 0) is 0 Å². The molecule has 2 aromatic heterocycles. The second kappa shape index (κ2) is 5.24. The third kappa shape index (κ3) is 2.18. The summed E-state index contributed by atoms with van der Waals surface area (Å²) < 4.78 is 6.58. The summed E-state index contributed by atoms with van der Waals surface area (Å²) in [5.41, 5.74) is 9.63. The molecule has 0 radical (unpaired) electrons. The number of nitrogens with zero attached hydrogens (tertiary/aromatic N) is 2. The van der Waals surface area contributed by atoms with Crippen LogP contribution in [0.2, 0.25) is 0 Å². The number of aryl methyl sites for hydroxylation is 1. The van der Waals surface area contributed by atoms with Gasteiger partial charge in [0.05, 0.1) is 11.3 Å². The van der Waals surface area contributed by atoms with Gasteiger partial charge in [0.25, 0.3) is 0 Å². The monoisotopic (exact) mass is 377 g/mol. The standard InChI is InChI=1S/C15H12IN3O/c1-9-5-4-6-10(13(9)16)14-12(15(17)19-20-14)11-7-2-3-8-18-11/h2-8H,1H3,(H2,17,19). The normalized spacial score (nSPS) is 10.7. The molecule has 4 nitrogen and oxygen atoms in total. The SMILES string of the molecule is Cc1cccc(-c2onc(N)c2-c2ccccn2)c1I. The van der Waals surface area contributed by atoms with Gasteiger partial charge in [0.1, 0.15) is 0 Å². The van der Waals surface area contributed by atoms with E-state index in [0.29, 0.717) is 11.6 Å². The van der Waals surface area contributed by atoms with Gasteiger partial charge in [0.2, 0.25) is 0 Å². The first kappa shape index (κ1) is 13.1. The van der Waals surface area contributed by atoms with Gasteiger partial charge in [-0.3, -0.25) is 4.98 Å². The highest BCUT2D eigenvalue weighted by molar-refractivity contribution is 14.1. The largest absolute Gasteiger partial charge is 0.380 e. The molecule has 0 aliphatic rings. The molecule has 0 fully saturated rings. The van der Waals surface area contributed by atoms with E-state index in [9.17, 15) is 0 Å². The van der Waals surface area contributed by atoms with E-state index in [0.717, 1.165) is 20.4 Å². The summed E-state index contributed by atoms with van der Waals surface area (Å²) in [6.45, 7) is 2.06. The smallest absolute Gasteiger partial charge is 0.179 e. The van der Waals surface area contributed by atoms with Gasteiger partial charge in [0, 0.05) is 15.3 Å². The topological polar surface area (TPSA) is 64.9 Å². The number of nitrogens with two attached hydrogens (primary N) is 1. The van der Waals surface area contributed by atoms with Crippen molar-refractivity contribution in [2.24, 2.45) is 0 Å². The Labute approximate surface area is 130 Å². The van der Waals surface area contributed by atoms with Crippen LogP contribution in [0.15, 0.2) is 47.1 Å². The molecule has 0 unspecified atom stereocenters. The highest BCUT2D eigenvalue weighted by atomic mass is 127. The third-order valence-electron chi connectivity index (χ3n) is 3.08. The highest BCUT2D eigenvalue weighted by Gasteiger charge is 2.20. The van der Waals surface area contributed by atoms with Gasteiger partial charge >= 0.3 is 0 Å².